The predicted molar refractivity (Wildman–Crippen MR) is 71.6 cm³/mol. The van der Waals surface area contributed by atoms with Gasteiger partial charge in [0, 0.05) is 5.92 Å². The van der Waals surface area contributed by atoms with Crippen molar-refractivity contribution < 1.29 is 9.53 Å². The molecule has 0 aliphatic heterocycles. The summed E-state index contributed by atoms with van der Waals surface area (Å²) < 4.78 is 4.93. The van der Waals surface area contributed by atoms with Crippen molar-refractivity contribution in [2.24, 2.45) is 0 Å². The number of hydrogen-bond acceptors (Lipinski definition) is 3. The second-order valence-corrected chi connectivity index (χ2v) is 4.43. The van der Waals surface area contributed by atoms with Gasteiger partial charge in [-0.3, -0.25) is 0 Å². The van der Waals surface area contributed by atoms with E-state index in [9.17, 15) is 10.0 Å². The second kappa shape index (κ2) is 4.74. The molecule has 0 aromatic heterocycles. The molecule has 19 heavy (non-hydrogen) atoms. The zero-order chi connectivity index (χ0) is 13.2. The largest absolute Gasteiger partial charge is 0.756 e. The molecule has 0 bridgehead atoms. The first-order valence-electron chi connectivity index (χ1n) is 6.04. The first kappa shape index (κ1) is 11.7. The highest BCUT2D eigenvalue weighted by molar-refractivity contribution is 5.79. The number of ether oxygens (including phenoxy) is 1. The normalized spacial score (nSPS) is 12.7. The van der Waals surface area contributed by atoms with Crippen molar-refractivity contribution in [3.8, 4) is 11.1 Å². The number of nitrogens with one attached hydrogen (secondary N) is 1. The van der Waals surface area contributed by atoms with E-state index in [2.05, 4.69) is 12.1 Å². The summed E-state index contributed by atoms with van der Waals surface area (Å²) in [6, 6.07) is 16.1. The van der Waals surface area contributed by atoms with E-state index in [1.54, 1.807) is 0 Å². The van der Waals surface area contributed by atoms with Gasteiger partial charge in [-0.05, 0) is 22.3 Å². The summed E-state index contributed by atoms with van der Waals surface area (Å²) in [7, 11) is 0. The third-order valence-corrected chi connectivity index (χ3v) is 3.43. The molecule has 1 N–H and O–H groups in total. The van der Waals surface area contributed by atoms with Crippen LogP contribution in [0.4, 0.5) is 4.79 Å². The van der Waals surface area contributed by atoms with Crippen molar-refractivity contribution in [3.05, 3.63) is 64.9 Å². The molecule has 4 heteroatoms. The van der Waals surface area contributed by atoms with E-state index < -0.39 is 6.09 Å². The molecule has 96 valence electrons. The fourth-order valence-corrected chi connectivity index (χ4v) is 2.63. The van der Waals surface area contributed by atoms with E-state index in [0.29, 0.717) is 0 Å². The fourth-order valence-electron chi connectivity index (χ4n) is 2.63. The number of carbonyl (C=O) groups is 1. The first-order chi connectivity index (χ1) is 9.31. The lowest BCUT2D eigenvalue weighted by atomic mass is 9.98. The number of rotatable bonds is 2. The molecule has 1 aliphatic rings. The van der Waals surface area contributed by atoms with Gasteiger partial charge in [0.2, 0.25) is 0 Å². The van der Waals surface area contributed by atoms with Crippen molar-refractivity contribution in [1.29, 1.82) is 0 Å². The highest BCUT2D eigenvalue weighted by Gasteiger charge is 2.28. The summed E-state index contributed by atoms with van der Waals surface area (Å²) in [5, 5.41) is 10.2. The molecule has 2 aromatic carbocycles. The van der Waals surface area contributed by atoms with Crippen LogP contribution in [0, 0.1) is 5.21 Å². The van der Waals surface area contributed by atoms with E-state index >= 15 is 0 Å². The molecule has 0 fully saturated rings. The minimum Gasteiger partial charge on any atom is -0.756 e. The number of carbonyl (C=O) groups excluding carboxylic acids is 1. The Morgan fingerprint density at radius 3 is 2.11 bits per heavy atom. The highest BCUT2D eigenvalue weighted by Crippen LogP contribution is 2.44. The number of hydroxylamine groups is 1. The molecule has 1 aliphatic carbocycles. The number of benzene rings is 2. The third-order valence-electron chi connectivity index (χ3n) is 3.43. The van der Waals surface area contributed by atoms with E-state index in [0.717, 1.165) is 22.3 Å². The summed E-state index contributed by atoms with van der Waals surface area (Å²) in [5.41, 5.74) is 5.80. The van der Waals surface area contributed by atoms with Gasteiger partial charge in [-0.15, -0.1) is 0 Å². The van der Waals surface area contributed by atoms with Gasteiger partial charge in [0.15, 0.2) is 0 Å². The molecule has 0 radical (unpaired) electrons. The minimum atomic E-state index is -0.943. The Bertz CT molecular complexity index is 579. The van der Waals surface area contributed by atoms with Crippen LogP contribution in [0.5, 0.6) is 0 Å². The SMILES string of the molecule is O=C(N[O-])OCC1c2ccccc2-c2ccccc21. The molecule has 1 amide bonds. The summed E-state index contributed by atoms with van der Waals surface area (Å²) >= 11 is 0. The molecule has 4 nitrogen and oxygen atoms in total. The molecule has 0 saturated heterocycles. The molecule has 0 spiro atoms. The van der Waals surface area contributed by atoms with Gasteiger partial charge in [-0.25, -0.2) is 4.79 Å². The second-order valence-electron chi connectivity index (χ2n) is 4.43. The molecule has 2 aromatic rings. The minimum absolute atomic E-state index is 0.00954. The van der Waals surface area contributed by atoms with Gasteiger partial charge in [-0.1, -0.05) is 48.5 Å². The lowest BCUT2D eigenvalue weighted by molar-refractivity contribution is 0.147. The summed E-state index contributed by atoms with van der Waals surface area (Å²) in [6.07, 6.45) is -0.943. The molecule has 0 unspecified atom stereocenters. The summed E-state index contributed by atoms with van der Waals surface area (Å²) in [5.74, 6) is -0.00954. The molecular weight excluding hydrogens is 242 g/mol. The Labute approximate surface area is 110 Å². The van der Waals surface area contributed by atoms with E-state index in [-0.39, 0.29) is 12.5 Å². The Morgan fingerprint density at radius 2 is 1.58 bits per heavy atom. The van der Waals surface area contributed by atoms with Crippen LogP contribution >= 0.6 is 0 Å². The number of fused-ring (bicyclic) bond motifs is 3. The molecule has 0 heterocycles. The Balaban J connectivity index is 1.98. The third kappa shape index (κ3) is 1.96. The molecule has 0 saturated carbocycles. The van der Waals surface area contributed by atoms with Crippen molar-refractivity contribution in [3.63, 3.8) is 0 Å². The fraction of sp³-hybridized carbons (Fsp3) is 0.133. The lowest BCUT2D eigenvalue weighted by Gasteiger charge is -2.15. The molecule has 3 rings (SSSR count). The smallest absolute Gasteiger partial charge is 0.396 e. The summed E-state index contributed by atoms with van der Waals surface area (Å²) in [4.78, 5) is 10.9. The van der Waals surface area contributed by atoms with Crippen molar-refractivity contribution in [2.45, 2.75) is 5.92 Å². The molecule has 0 atom stereocenters. The number of hydrogen-bond donors (Lipinski definition) is 1. The van der Waals surface area contributed by atoms with Crippen LogP contribution in [0.15, 0.2) is 48.5 Å². The van der Waals surface area contributed by atoms with Crippen LogP contribution in [-0.4, -0.2) is 12.7 Å². The Morgan fingerprint density at radius 1 is 1.05 bits per heavy atom. The van der Waals surface area contributed by atoms with Gasteiger partial charge in [0.05, 0.1) is 0 Å². The highest BCUT2D eigenvalue weighted by atomic mass is 16.6. The van der Waals surface area contributed by atoms with Crippen LogP contribution in [0.2, 0.25) is 0 Å². The van der Waals surface area contributed by atoms with E-state index in [1.807, 2.05) is 36.4 Å². The van der Waals surface area contributed by atoms with Crippen molar-refractivity contribution in [2.75, 3.05) is 6.61 Å². The predicted octanol–water partition coefficient (Wildman–Crippen LogP) is 3.02. The average Bonchev–Trinajstić information content (AvgIpc) is 2.79. The van der Waals surface area contributed by atoms with Crippen molar-refractivity contribution >= 4 is 6.09 Å². The maximum Gasteiger partial charge on any atom is 0.396 e. The summed E-state index contributed by atoms with van der Waals surface area (Å²) in [6.45, 7) is 0.169. The van der Waals surface area contributed by atoms with Gasteiger partial charge >= 0.3 is 6.09 Å². The van der Waals surface area contributed by atoms with Gasteiger partial charge < -0.3 is 15.4 Å². The van der Waals surface area contributed by atoms with Crippen LogP contribution in [0.3, 0.4) is 0 Å². The van der Waals surface area contributed by atoms with Gasteiger partial charge in [0.1, 0.15) is 6.61 Å². The molecular formula is C15H12NO3-. The first-order valence-corrected chi connectivity index (χ1v) is 6.04. The zero-order valence-corrected chi connectivity index (χ0v) is 10.1. The van der Waals surface area contributed by atoms with Crippen LogP contribution < -0.4 is 5.48 Å². The van der Waals surface area contributed by atoms with Crippen LogP contribution in [0.1, 0.15) is 17.0 Å². The standard InChI is InChI=1S/C15H12NO3/c17-15(16-18)19-9-14-12-7-3-1-5-10(12)11-6-2-4-8-13(11)14/h1-8,14H,9H2,(H-,16,17,18)/q-1. The zero-order valence-electron chi connectivity index (χ0n) is 10.1. The monoisotopic (exact) mass is 254 g/mol. The topological polar surface area (TPSA) is 61.4 Å². The van der Waals surface area contributed by atoms with E-state index in [1.165, 1.54) is 5.48 Å². The van der Waals surface area contributed by atoms with Crippen LogP contribution in [0.25, 0.3) is 11.1 Å². The van der Waals surface area contributed by atoms with Crippen LogP contribution in [-0.2, 0) is 4.74 Å². The quantitative estimate of drug-likeness (QED) is 0.838. The Kier molecular flexibility index (Phi) is 2.93. The Hall–Kier alpha value is -2.33. The van der Waals surface area contributed by atoms with Gasteiger partial charge in [-0.2, -0.15) is 0 Å². The van der Waals surface area contributed by atoms with Gasteiger partial charge in [0.25, 0.3) is 0 Å². The number of amides is 1. The maximum absolute atomic E-state index is 10.9. The average molecular weight is 254 g/mol. The maximum atomic E-state index is 10.9. The lowest BCUT2D eigenvalue weighted by Crippen LogP contribution is -2.20. The van der Waals surface area contributed by atoms with Crippen molar-refractivity contribution in [1.82, 2.24) is 5.48 Å². The van der Waals surface area contributed by atoms with E-state index in [4.69, 9.17) is 4.74 Å².